The Morgan fingerprint density at radius 2 is 1.91 bits per heavy atom. The van der Waals surface area contributed by atoms with E-state index in [0.29, 0.717) is 36.4 Å². The number of aromatic nitrogens is 1. The van der Waals surface area contributed by atoms with Gasteiger partial charge in [0.15, 0.2) is 17.0 Å². The van der Waals surface area contributed by atoms with Gasteiger partial charge in [-0.15, -0.1) is 0 Å². The highest BCUT2D eigenvalue weighted by Gasteiger charge is 2.55. The van der Waals surface area contributed by atoms with Crippen LogP contribution in [0.4, 0.5) is 13.2 Å². The Bertz CT molecular complexity index is 1730. The predicted octanol–water partition coefficient (Wildman–Crippen LogP) is 3.05. The zero-order valence-electron chi connectivity index (χ0n) is 24.1. The Kier molecular flexibility index (Phi) is 7.99. The average molecular weight is 627 g/mol. The van der Waals surface area contributed by atoms with E-state index in [-0.39, 0.29) is 31.9 Å². The molecule has 2 bridgehead atoms. The van der Waals surface area contributed by atoms with Crippen LogP contribution in [0.25, 0.3) is 0 Å². The summed E-state index contributed by atoms with van der Waals surface area (Å²) >= 11 is 0. The molecule has 0 radical (unpaired) electrons. The Hall–Kier alpha value is -4.85. The fraction of sp³-hybridized carbons (Fsp3) is 0.355. The Morgan fingerprint density at radius 1 is 1.18 bits per heavy atom. The number of hydrogen-bond donors (Lipinski definition) is 2. The van der Waals surface area contributed by atoms with Crippen molar-refractivity contribution in [3.8, 4) is 5.75 Å². The fourth-order valence-corrected chi connectivity index (χ4v) is 6.13. The van der Waals surface area contributed by atoms with Crippen LogP contribution in [0, 0.1) is 17.5 Å². The zero-order chi connectivity index (χ0) is 31.9. The van der Waals surface area contributed by atoms with Crippen molar-refractivity contribution >= 4 is 17.7 Å². The number of benzene rings is 2. The van der Waals surface area contributed by atoms with E-state index in [1.807, 2.05) is 0 Å². The quantitative estimate of drug-likeness (QED) is 0.412. The van der Waals surface area contributed by atoms with Crippen molar-refractivity contribution in [2.24, 2.45) is 5.16 Å². The number of ether oxygens (including phenoxy) is 2. The van der Waals surface area contributed by atoms with E-state index in [2.05, 4.69) is 10.5 Å². The summed E-state index contributed by atoms with van der Waals surface area (Å²) in [5.41, 5.74) is -2.53. The van der Waals surface area contributed by atoms with Crippen LogP contribution in [0.1, 0.15) is 57.3 Å². The number of aliphatic hydroxyl groups excluding tert-OH is 1. The lowest BCUT2D eigenvalue weighted by atomic mass is 9.85. The molecule has 0 saturated carbocycles. The Labute approximate surface area is 254 Å². The van der Waals surface area contributed by atoms with Gasteiger partial charge in [-0.25, -0.2) is 13.2 Å². The van der Waals surface area contributed by atoms with Gasteiger partial charge in [0.05, 0.1) is 32.2 Å². The summed E-state index contributed by atoms with van der Waals surface area (Å²) in [6, 6.07) is 8.50. The Balaban J connectivity index is 1.46. The summed E-state index contributed by atoms with van der Waals surface area (Å²) in [5, 5.41) is 16.6. The van der Waals surface area contributed by atoms with Gasteiger partial charge in [-0.2, -0.15) is 0 Å². The molecule has 1 fully saturated rings. The van der Waals surface area contributed by atoms with Crippen molar-refractivity contribution in [2.45, 2.75) is 50.1 Å². The van der Waals surface area contributed by atoms with Crippen LogP contribution >= 0.6 is 0 Å². The number of carbonyl (C=O) groups excluding carboxylic acids is 2. The van der Waals surface area contributed by atoms with Crippen LogP contribution in [0.2, 0.25) is 0 Å². The number of oxime groups is 1. The lowest BCUT2D eigenvalue weighted by molar-refractivity contribution is -0.0656. The summed E-state index contributed by atoms with van der Waals surface area (Å²) in [7, 11) is 1.45. The molecule has 2 amide bonds. The molecule has 11 nitrogen and oxygen atoms in total. The van der Waals surface area contributed by atoms with E-state index in [9.17, 15) is 32.7 Å². The lowest BCUT2D eigenvalue weighted by Crippen LogP contribution is -2.53. The molecule has 2 aromatic carbocycles. The second kappa shape index (κ2) is 11.9. The topological polar surface area (TPSA) is 132 Å². The molecule has 1 aromatic heterocycles. The third-order valence-electron chi connectivity index (χ3n) is 8.54. The second-order valence-corrected chi connectivity index (χ2v) is 11.1. The number of hydrogen-bond acceptors (Lipinski definition) is 8. The molecule has 4 heterocycles. The van der Waals surface area contributed by atoms with Crippen LogP contribution < -0.4 is 15.5 Å². The van der Waals surface area contributed by atoms with E-state index < -0.39 is 75.8 Å². The van der Waals surface area contributed by atoms with Gasteiger partial charge in [0.25, 0.3) is 11.8 Å². The van der Waals surface area contributed by atoms with Gasteiger partial charge in [-0.3, -0.25) is 14.4 Å². The Morgan fingerprint density at radius 3 is 2.58 bits per heavy atom. The highest BCUT2D eigenvalue weighted by atomic mass is 19.1. The molecule has 0 unspecified atom stereocenters. The van der Waals surface area contributed by atoms with E-state index >= 15 is 0 Å². The van der Waals surface area contributed by atoms with Crippen molar-refractivity contribution < 1.29 is 42.2 Å². The van der Waals surface area contributed by atoms with E-state index in [4.69, 9.17) is 14.3 Å². The van der Waals surface area contributed by atoms with Crippen molar-refractivity contribution in [2.75, 3.05) is 20.3 Å². The first-order valence-electron chi connectivity index (χ1n) is 14.2. The molecular weight excluding hydrogens is 597 g/mol. The molecule has 6 rings (SSSR count). The van der Waals surface area contributed by atoms with E-state index in [0.717, 1.165) is 0 Å². The molecule has 3 aliphatic rings. The van der Waals surface area contributed by atoms with Gasteiger partial charge in [0, 0.05) is 37.0 Å². The molecule has 45 heavy (non-hydrogen) atoms. The monoisotopic (exact) mass is 626 g/mol. The number of rotatable bonds is 7. The maximum Gasteiger partial charge on any atom is 0.274 e. The first kappa shape index (κ1) is 30.2. The third-order valence-corrected chi connectivity index (χ3v) is 8.54. The molecular formula is C31H29F3N4O7. The first-order chi connectivity index (χ1) is 21.7. The third kappa shape index (κ3) is 5.39. The summed E-state index contributed by atoms with van der Waals surface area (Å²) in [6.45, 7) is -1.10. The number of fused-ring (bicyclic) bond motifs is 5. The smallest absolute Gasteiger partial charge is 0.274 e. The fourth-order valence-electron chi connectivity index (χ4n) is 6.13. The van der Waals surface area contributed by atoms with E-state index in [1.165, 1.54) is 22.8 Å². The van der Waals surface area contributed by atoms with Gasteiger partial charge in [0.2, 0.25) is 11.3 Å². The molecule has 3 atom stereocenters. The first-order valence-corrected chi connectivity index (χ1v) is 14.2. The molecule has 0 aliphatic carbocycles. The minimum atomic E-state index is -1.21. The van der Waals surface area contributed by atoms with E-state index in [1.54, 1.807) is 30.3 Å². The van der Waals surface area contributed by atoms with Crippen LogP contribution in [0.15, 0.2) is 58.6 Å². The van der Waals surface area contributed by atoms with Gasteiger partial charge in [0.1, 0.15) is 29.6 Å². The normalized spacial score (nSPS) is 21.9. The van der Waals surface area contributed by atoms with Crippen molar-refractivity contribution in [1.82, 2.24) is 14.8 Å². The number of aliphatic hydroxyl groups is 1. The molecule has 3 aromatic rings. The second-order valence-electron chi connectivity index (χ2n) is 11.1. The lowest BCUT2D eigenvalue weighted by Gasteiger charge is -2.42. The largest absolute Gasteiger partial charge is 0.483 e. The number of amides is 2. The number of nitrogens with zero attached hydrogens (tertiary/aromatic N) is 3. The minimum Gasteiger partial charge on any atom is -0.483 e. The molecule has 1 spiro atoms. The van der Waals surface area contributed by atoms with Gasteiger partial charge >= 0.3 is 0 Å². The highest BCUT2D eigenvalue weighted by Crippen LogP contribution is 2.46. The van der Waals surface area contributed by atoms with Crippen molar-refractivity contribution in [3.05, 3.63) is 98.7 Å². The highest BCUT2D eigenvalue weighted by molar-refractivity contribution is 5.99. The van der Waals surface area contributed by atoms with Gasteiger partial charge in [-0.05, 0) is 18.4 Å². The van der Waals surface area contributed by atoms with Crippen LogP contribution in [0.5, 0.6) is 5.75 Å². The van der Waals surface area contributed by atoms with Gasteiger partial charge in [-0.1, -0.05) is 35.5 Å². The SMILES string of the molecule is COC1=NO[C@@]2(CC[C@H](CO)N3C[C@H]2n2cc(C(=O)NCc4c(F)cc(F)cc4F)c(=O)c(OCc4ccccc4)c2C3=O)C1. The maximum absolute atomic E-state index is 14.3. The maximum atomic E-state index is 14.3. The summed E-state index contributed by atoms with van der Waals surface area (Å²) in [6.07, 6.45) is 2.12. The molecule has 14 heteroatoms. The zero-order valence-corrected chi connectivity index (χ0v) is 24.1. The summed E-state index contributed by atoms with van der Waals surface area (Å²) in [5.74, 6) is -5.24. The molecule has 1 saturated heterocycles. The predicted molar refractivity (Wildman–Crippen MR) is 152 cm³/mol. The number of nitrogens with one attached hydrogen (secondary N) is 1. The number of halogens is 3. The van der Waals surface area contributed by atoms with Crippen LogP contribution in [-0.2, 0) is 22.7 Å². The van der Waals surface area contributed by atoms with Crippen LogP contribution in [0.3, 0.4) is 0 Å². The van der Waals surface area contributed by atoms with Gasteiger partial charge < -0.3 is 34.2 Å². The average Bonchev–Trinajstić information content (AvgIpc) is 3.39. The standard InChI is InChI=1S/C31H29F3N4O7/c1-43-25-11-31(45-36-25)8-7-19(15-39)37-14-24(31)38-13-21(29(41)35-12-20-22(33)9-18(32)10-23(20)34)27(40)28(26(38)30(37)42)44-16-17-5-3-2-4-6-17/h2-6,9-10,13,19,24,39H,7-8,11-12,14-16H2,1H3,(H,35,41)/t19-,24-,31+/m1/s1. The number of methoxy groups -OCH3 is 1. The summed E-state index contributed by atoms with van der Waals surface area (Å²) in [4.78, 5) is 48.8. The molecule has 2 N–H and O–H groups in total. The number of pyridine rings is 1. The number of carbonyl (C=O) groups is 2. The van der Waals surface area contributed by atoms with Crippen molar-refractivity contribution in [1.29, 1.82) is 0 Å². The summed E-state index contributed by atoms with van der Waals surface area (Å²) < 4.78 is 54.8. The molecule has 3 aliphatic heterocycles. The van der Waals surface area contributed by atoms with Crippen molar-refractivity contribution in [3.63, 3.8) is 0 Å². The van der Waals surface area contributed by atoms with Crippen LogP contribution in [-0.4, -0.2) is 64.2 Å². The minimum absolute atomic E-state index is 0.0532. The molecule has 236 valence electrons.